The number of rotatable bonds is 3. The molecule has 1 aromatic rings. The Morgan fingerprint density at radius 1 is 0.944 bits per heavy atom. The topological polar surface area (TPSA) is 30.7 Å². The maximum Gasteiger partial charge on any atom is 0.0864 e. The summed E-state index contributed by atoms with van der Waals surface area (Å²) in [5, 5.41) is 8.77. The van der Waals surface area contributed by atoms with E-state index in [2.05, 4.69) is 70.4 Å². The van der Waals surface area contributed by atoms with Crippen LogP contribution in [0, 0.1) is 10.8 Å². The van der Waals surface area contributed by atoms with Crippen molar-refractivity contribution in [1.29, 1.82) is 0 Å². The lowest BCUT2D eigenvalue weighted by molar-refractivity contribution is 0.372. The Kier molecular flexibility index (Phi) is 4.24. The first-order chi connectivity index (χ1) is 7.99. The van der Waals surface area contributed by atoms with Gasteiger partial charge in [-0.2, -0.15) is 0 Å². The molecular formula is C15H29N3. The maximum absolute atomic E-state index is 4.42. The van der Waals surface area contributed by atoms with E-state index in [0.717, 1.165) is 12.8 Å². The minimum Gasteiger partial charge on any atom is -0.247 e. The minimum absolute atomic E-state index is 0.254. The van der Waals surface area contributed by atoms with E-state index in [1.807, 2.05) is 0 Å². The molecule has 1 heterocycles. The Balaban J connectivity index is 3.11. The number of nitrogens with zero attached hydrogens (tertiary/aromatic N) is 3. The van der Waals surface area contributed by atoms with Gasteiger partial charge in [0, 0.05) is 6.04 Å². The monoisotopic (exact) mass is 251 g/mol. The SMILES string of the molecule is CC(C)n1nnc(CC(C)(C)C)c1CC(C)(C)C. The molecule has 0 saturated heterocycles. The average Bonchev–Trinajstić information content (AvgIpc) is 2.43. The highest BCUT2D eigenvalue weighted by Crippen LogP contribution is 2.27. The predicted octanol–water partition coefficient (Wildman–Crippen LogP) is 4.04. The van der Waals surface area contributed by atoms with E-state index >= 15 is 0 Å². The summed E-state index contributed by atoms with van der Waals surface area (Å²) < 4.78 is 2.09. The van der Waals surface area contributed by atoms with Crippen LogP contribution in [0.4, 0.5) is 0 Å². The van der Waals surface area contributed by atoms with Gasteiger partial charge >= 0.3 is 0 Å². The zero-order valence-electron chi connectivity index (χ0n) is 13.3. The summed E-state index contributed by atoms with van der Waals surface area (Å²) in [6.45, 7) is 17.9. The molecule has 0 fully saturated rings. The van der Waals surface area contributed by atoms with Gasteiger partial charge in [0.2, 0.25) is 0 Å². The third kappa shape index (κ3) is 4.43. The highest BCUT2D eigenvalue weighted by atomic mass is 15.4. The highest BCUT2D eigenvalue weighted by molar-refractivity contribution is 5.14. The van der Waals surface area contributed by atoms with Crippen molar-refractivity contribution >= 4 is 0 Å². The van der Waals surface area contributed by atoms with Gasteiger partial charge in [-0.3, -0.25) is 0 Å². The van der Waals surface area contributed by atoms with Crippen LogP contribution >= 0.6 is 0 Å². The van der Waals surface area contributed by atoms with Gasteiger partial charge in [0.15, 0.2) is 0 Å². The normalized spacial score (nSPS) is 13.4. The maximum atomic E-state index is 4.42. The molecule has 0 atom stereocenters. The van der Waals surface area contributed by atoms with Crippen LogP contribution in [-0.4, -0.2) is 15.0 Å². The molecule has 0 radical (unpaired) electrons. The van der Waals surface area contributed by atoms with Crippen molar-refractivity contribution in [3.05, 3.63) is 11.4 Å². The molecule has 1 aromatic heterocycles. The molecule has 3 nitrogen and oxygen atoms in total. The van der Waals surface area contributed by atoms with Gasteiger partial charge in [0.05, 0.1) is 11.4 Å². The second kappa shape index (κ2) is 5.02. The Labute approximate surface area is 112 Å². The fourth-order valence-corrected chi connectivity index (χ4v) is 2.09. The molecule has 0 aliphatic rings. The summed E-state index contributed by atoms with van der Waals surface area (Å²) in [6, 6.07) is 0.378. The fourth-order valence-electron chi connectivity index (χ4n) is 2.09. The van der Waals surface area contributed by atoms with E-state index < -0.39 is 0 Å². The molecule has 0 aromatic carbocycles. The molecule has 104 valence electrons. The lowest BCUT2D eigenvalue weighted by Crippen LogP contribution is -2.18. The van der Waals surface area contributed by atoms with E-state index in [4.69, 9.17) is 0 Å². The Hall–Kier alpha value is -0.860. The largest absolute Gasteiger partial charge is 0.247 e. The third-order valence-corrected chi connectivity index (χ3v) is 2.76. The van der Waals surface area contributed by atoms with Crippen LogP contribution in [0.1, 0.15) is 72.8 Å². The molecule has 0 saturated carbocycles. The third-order valence-electron chi connectivity index (χ3n) is 2.76. The Bertz CT molecular complexity index is 389. The molecule has 0 aliphatic heterocycles. The molecule has 18 heavy (non-hydrogen) atoms. The van der Waals surface area contributed by atoms with Crippen molar-refractivity contribution in [3.8, 4) is 0 Å². The first-order valence-corrected chi connectivity index (χ1v) is 6.92. The first kappa shape index (κ1) is 15.2. The molecular weight excluding hydrogens is 222 g/mol. The van der Waals surface area contributed by atoms with Gasteiger partial charge in [-0.1, -0.05) is 46.8 Å². The summed E-state index contributed by atoms with van der Waals surface area (Å²) in [5.74, 6) is 0. The first-order valence-electron chi connectivity index (χ1n) is 6.92. The van der Waals surface area contributed by atoms with Crippen LogP contribution in [0.15, 0.2) is 0 Å². The number of aromatic nitrogens is 3. The Morgan fingerprint density at radius 2 is 1.44 bits per heavy atom. The van der Waals surface area contributed by atoms with Crippen molar-refractivity contribution in [1.82, 2.24) is 15.0 Å². The van der Waals surface area contributed by atoms with E-state index in [1.165, 1.54) is 11.4 Å². The van der Waals surface area contributed by atoms with Crippen LogP contribution in [0.3, 0.4) is 0 Å². The van der Waals surface area contributed by atoms with Crippen LogP contribution in [-0.2, 0) is 12.8 Å². The number of hydrogen-bond acceptors (Lipinski definition) is 2. The second-order valence-electron chi connectivity index (χ2n) is 8.00. The molecule has 1 rings (SSSR count). The van der Waals surface area contributed by atoms with Crippen molar-refractivity contribution in [2.45, 2.75) is 74.3 Å². The molecule has 0 bridgehead atoms. The molecule has 0 spiro atoms. The van der Waals surface area contributed by atoms with E-state index in [0.29, 0.717) is 6.04 Å². The van der Waals surface area contributed by atoms with Gasteiger partial charge in [-0.25, -0.2) is 4.68 Å². The summed E-state index contributed by atoms with van der Waals surface area (Å²) in [7, 11) is 0. The zero-order chi connectivity index (χ0) is 14.1. The summed E-state index contributed by atoms with van der Waals surface area (Å²) in [5.41, 5.74) is 3.00. The summed E-state index contributed by atoms with van der Waals surface area (Å²) >= 11 is 0. The minimum atomic E-state index is 0.254. The van der Waals surface area contributed by atoms with Crippen LogP contribution in [0.25, 0.3) is 0 Å². The van der Waals surface area contributed by atoms with Crippen molar-refractivity contribution in [3.63, 3.8) is 0 Å². The van der Waals surface area contributed by atoms with Crippen molar-refractivity contribution in [2.75, 3.05) is 0 Å². The molecule has 0 amide bonds. The highest BCUT2D eigenvalue weighted by Gasteiger charge is 2.24. The van der Waals surface area contributed by atoms with Crippen LogP contribution in [0.2, 0.25) is 0 Å². The van der Waals surface area contributed by atoms with Gasteiger partial charge in [-0.05, 0) is 37.5 Å². The molecule has 3 heteroatoms. The summed E-state index contributed by atoms with van der Waals surface area (Å²) in [6.07, 6.45) is 2.02. The second-order valence-corrected chi connectivity index (χ2v) is 8.00. The van der Waals surface area contributed by atoms with Crippen LogP contribution < -0.4 is 0 Å². The molecule has 0 aliphatic carbocycles. The predicted molar refractivity (Wildman–Crippen MR) is 76.7 cm³/mol. The number of hydrogen-bond donors (Lipinski definition) is 0. The quantitative estimate of drug-likeness (QED) is 0.812. The lowest BCUT2D eigenvalue weighted by Gasteiger charge is -2.23. The van der Waals surface area contributed by atoms with E-state index in [-0.39, 0.29) is 10.8 Å². The lowest BCUT2D eigenvalue weighted by atomic mass is 9.85. The zero-order valence-corrected chi connectivity index (χ0v) is 13.3. The van der Waals surface area contributed by atoms with Gasteiger partial charge in [-0.15, -0.1) is 5.10 Å². The van der Waals surface area contributed by atoms with Crippen molar-refractivity contribution < 1.29 is 0 Å². The standard InChI is InChI=1S/C15H29N3/c1-11(2)18-13(10-15(6,7)8)12(16-17-18)9-14(3,4)5/h11H,9-10H2,1-8H3. The average molecular weight is 251 g/mol. The van der Waals surface area contributed by atoms with Crippen molar-refractivity contribution in [2.24, 2.45) is 10.8 Å². The Morgan fingerprint density at radius 3 is 1.83 bits per heavy atom. The molecule has 0 N–H and O–H groups in total. The summed E-state index contributed by atoms with van der Waals surface area (Å²) in [4.78, 5) is 0. The van der Waals surface area contributed by atoms with Gasteiger partial charge in [0.25, 0.3) is 0 Å². The van der Waals surface area contributed by atoms with Gasteiger partial charge < -0.3 is 0 Å². The fraction of sp³-hybridized carbons (Fsp3) is 0.867. The molecule has 0 unspecified atom stereocenters. The van der Waals surface area contributed by atoms with E-state index in [1.54, 1.807) is 0 Å². The van der Waals surface area contributed by atoms with Crippen LogP contribution in [0.5, 0.6) is 0 Å². The smallest absolute Gasteiger partial charge is 0.0864 e. The van der Waals surface area contributed by atoms with E-state index in [9.17, 15) is 0 Å². The van der Waals surface area contributed by atoms with Gasteiger partial charge in [0.1, 0.15) is 0 Å².